The molecule has 1 amide bonds. The van der Waals surface area contributed by atoms with Crippen LogP contribution < -0.4 is 0 Å². The van der Waals surface area contributed by atoms with Crippen LogP contribution in [0.1, 0.15) is 47.5 Å². The second kappa shape index (κ2) is 8.49. The highest BCUT2D eigenvalue weighted by molar-refractivity contribution is 7.89. The monoisotopic (exact) mass is 474 g/mol. The van der Waals surface area contributed by atoms with E-state index in [1.54, 1.807) is 10.7 Å². The number of likely N-dealkylation sites (tertiary alicyclic amines) is 1. The molecule has 4 heterocycles. The van der Waals surface area contributed by atoms with Crippen LogP contribution in [0.25, 0.3) is 5.52 Å². The summed E-state index contributed by atoms with van der Waals surface area (Å²) in [4.78, 5) is 14.1. The number of benzene rings is 1. The molecule has 0 spiro atoms. The molecule has 3 aromatic rings. The van der Waals surface area contributed by atoms with Gasteiger partial charge in [-0.3, -0.25) is 4.79 Å². The van der Waals surface area contributed by atoms with E-state index in [9.17, 15) is 22.0 Å². The van der Waals surface area contributed by atoms with Gasteiger partial charge in [0.25, 0.3) is 5.91 Å². The number of amides is 1. The van der Waals surface area contributed by atoms with E-state index >= 15 is 0 Å². The van der Waals surface area contributed by atoms with Gasteiger partial charge in [-0.05, 0) is 67.5 Å². The average molecular weight is 475 g/mol. The van der Waals surface area contributed by atoms with E-state index in [1.165, 1.54) is 4.31 Å². The molecule has 0 bridgehead atoms. The summed E-state index contributed by atoms with van der Waals surface area (Å²) in [6.07, 6.45) is 6.51. The van der Waals surface area contributed by atoms with Crippen molar-refractivity contribution in [1.82, 2.24) is 18.8 Å². The highest BCUT2D eigenvalue weighted by Crippen LogP contribution is 2.32. The normalized spacial score (nSPS) is 18.3. The zero-order valence-corrected chi connectivity index (χ0v) is 18.8. The predicted molar refractivity (Wildman–Crippen MR) is 117 cm³/mol. The van der Waals surface area contributed by atoms with Gasteiger partial charge in [-0.25, -0.2) is 21.7 Å². The molecule has 2 aliphatic heterocycles. The summed E-state index contributed by atoms with van der Waals surface area (Å²) in [5.41, 5.74) is 2.31. The fourth-order valence-corrected chi connectivity index (χ4v) is 6.30. The smallest absolute Gasteiger partial charge is 0.257 e. The number of halogens is 2. The molecular formula is C23H24F2N4O3S. The Balaban J connectivity index is 1.34. The first-order chi connectivity index (χ1) is 15.8. The Morgan fingerprint density at radius 2 is 1.73 bits per heavy atom. The summed E-state index contributed by atoms with van der Waals surface area (Å²) in [5.74, 6) is -1.68. The minimum Gasteiger partial charge on any atom is -0.339 e. The Labute approximate surface area is 190 Å². The van der Waals surface area contributed by atoms with Crippen molar-refractivity contribution in [2.45, 2.75) is 36.5 Å². The molecule has 2 aliphatic rings. The Morgan fingerprint density at radius 3 is 2.45 bits per heavy atom. The summed E-state index contributed by atoms with van der Waals surface area (Å²) in [6, 6.07) is 6.35. The largest absolute Gasteiger partial charge is 0.339 e. The molecule has 0 saturated carbocycles. The lowest BCUT2D eigenvalue weighted by Gasteiger charge is -2.31. The summed E-state index contributed by atoms with van der Waals surface area (Å²) in [7, 11) is -4.12. The van der Waals surface area contributed by atoms with Crippen LogP contribution in [-0.4, -0.2) is 59.3 Å². The fourth-order valence-electron chi connectivity index (χ4n) is 4.75. The predicted octanol–water partition coefficient (Wildman–Crippen LogP) is 3.42. The van der Waals surface area contributed by atoms with Crippen LogP contribution in [0.3, 0.4) is 0 Å². The van der Waals surface area contributed by atoms with Gasteiger partial charge in [0.05, 0.1) is 17.3 Å². The second-order valence-corrected chi connectivity index (χ2v) is 10.5. The summed E-state index contributed by atoms with van der Waals surface area (Å²) in [5, 5.41) is 4.31. The van der Waals surface area contributed by atoms with Crippen molar-refractivity contribution >= 4 is 21.4 Å². The summed E-state index contributed by atoms with van der Waals surface area (Å²) >= 11 is 0. The van der Waals surface area contributed by atoms with Crippen molar-refractivity contribution in [3.05, 3.63) is 65.5 Å². The molecule has 0 radical (unpaired) electrons. The topological polar surface area (TPSA) is 75.0 Å². The number of carbonyl (C=O) groups is 1. The summed E-state index contributed by atoms with van der Waals surface area (Å²) in [6.45, 7) is 1.92. The molecule has 0 aliphatic carbocycles. The third kappa shape index (κ3) is 4.02. The van der Waals surface area contributed by atoms with Crippen LogP contribution in [0.15, 0.2) is 47.6 Å². The van der Waals surface area contributed by atoms with E-state index in [1.807, 2.05) is 23.2 Å². The van der Waals surface area contributed by atoms with Crippen molar-refractivity contribution < 1.29 is 22.0 Å². The van der Waals surface area contributed by atoms with Crippen LogP contribution in [0.5, 0.6) is 0 Å². The zero-order chi connectivity index (χ0) is 23.2. The molecule has 0 unspecified atom stereocenters. The van der Waals surface area contributed by atoms with Crippen molar-refractivity contribution in [1.29, 1.82) is 0 Å². The van der Waals surface area contributed by atoms with Crippen molar-refractivity contribution in [3.8, 4) is 0 Å². The van der Waals surface area contributed by atoms with Crippen LogP contribution in [0, 0.1) is 11.6 Å². The molecule has 0 N–H and O–H groups in total. The minimum atomic E-state index is -4.12. The number of hydrogen-bond donors (Lipinski definition) is 0. The number of nitrogens with zero attached hydrogens (tertiary/aromatic N) is 4. The highest BCUT2D eigenvalue weighted by atomic mass is 32.2. The van der Waals surface area contributed by atoms with Gasteiger partial charge in [0.1, 0.15) is 16.5 Å². The Morgan fingerprint density at radius 1 is 1.00 bits per heavy atom. The van der Waals surface area contributed by atoms with Gasteiger partial charge in [-0.15, -0.1) is 0 Å². The average Bonchev–Trinajstić information content (AvgIpc) is 3.50. The van der Waals surface area contributed by atoms with Gasteiger partial charge >= 0.3 is 0 Å². The van der Waals surface area contributed by atoms with Crippen LogP contribution in [0.4, 0.5) is 8.78 Å². The summed E-state index contributed by atoms with van der Waals surface area (Å²) < 4.78 is 56.2. The molecule has 10 heteroatoms. The maximum atomic E-state index is 14.1. The van der Waals surface area contributed by atoms with Crippen molar-refractivity contribution in [2.75, 3.05) is 26.2 Å². The quantitative estimate of drug-likeness (QED) is 0.581. The molecule has 174 valence electrons. The molecule has 33 heavy (non-hydrogen) atoms. The standard InChI is InChI=1S/C23H24F2N4O3S/c24-18-3-4-20(25)22(14-18)33(31,32)28-10-5-16(6-11-28)17-7-12-29-21(13-17)19(15-26-29)23(30)27-8-1-2-9-27/h3-4,7,12-16H,1-2,5-6,8-11H2. The number of pyridine rings is 1. The number of carbonyl (C=O) groups excluding carboxylic acids is 1. The van der Waals surface area contributed by atoms with Crippen molar-refractivity contribution in [2.24, 2.45) is 0 Å². The number of fused-ring (bicyclic) bond motifs is 1. The number of rotatable bonds is 4. The molecule has 0 atom stereocenters. The molecule has 2 saturated heterocycles. The van der Waals surface area contributed by atoms with Gasteiger partial charge in [-0.1, -0.05) is 0 Å². The van der Waals surface area contributed by atoms with Crippen LogP contribution in [0.2, 0.25) is 0 Å². The van der Waals surface area contributed by atoms with E-state index < -0.39 is 26.6 Å². The Kier molecular flexibility index (Phi) is 5.65. The van der Waals surface area contributed by atoms with E-state index in [-0.39, 0.29) is 24.9 Å². The number of aromatic nitrogens is 2. The Bertz CT molecular complexity index is 1310. The van der Waals surface area contributed by atoms with E-state index in [0.29, 0.717) is 18.4 Å². The van der Waals surface area contributed by atoms with Gasteiger partial charge in [0.2, 0.25) is 10.0 Å². The molecule has 1 aromatic carbocycles. The van der Waals surface area contributed by atoms with Gasteiger partial charge in [0.15, 0.2) is 0 Å². The third-order valence-electron chi connectivity index (χ3n) is 6.61. The lowest BCUT2D eigenvalue weighted by atomic mass is 9.90. The van der Waals surface area contributed by atoms with Gasteiger partial charge in [0, 0.05) is 32.4 Å². The third-order valence-corrected chi connectivity index (χ3v) is 8.52. The molecule has 2 aromatic heterocycles. The molecule has 2 fully saturated rings. The molecule has 7 nitrogen and oxygen atoms in total. The highest BCUT2D eigenvalue weighted by Gasteiger charge is 2.32. The van der Waals surface area contributed by atoms with Gasteiger partial charge < -0.3 is 4.90 Å². The maximum Gasteiger partial charge on any atom is 0.257 e. The van der Waals surface area contributed by atoms with Gasteiger partial charge in [-0.2, -0.15) is 9.40 Å². The fraction of sp³-hybridized carbons (Fsp3) is 0.391. The maximum absolute atomic E-state index is 14.1. The first kappa shape index (κ1) is 22.0. The van der Waals surface area contributed by atoms with E-state index in [2.05, 4.69) is 5.10 Å². The van der Waals surface area contributed by atoms with E-state index in [0.717, 1.165) is 55.2 Å². The van der Waals surface area contributed by atoms with Crippen LogP contribution in [-0.2, 0) is 10.0 Å². The Hall–Kier alpha value is -2.85. The lowest BCUT2D eigenvalue weighted by Crippen LogP contribution is -2.38. The van der Waals surface area contributed by atoms with Crippen molar-refractivity contribution in [3.63, 3.8) is 0 Å². The SMILES string of the molecule is O=C(c1cnn2ccc(C3CCN(S(=O)(=O)c4cc(F)ccc4F)CC3)cc12)N1CCCC1. The minimum absolute atomic E-state index is 0.0160. The van der Waals surface area contributed by atoms with Crippen LogP contribution >= 0.6 is 0 Å². The second-order valence-electron chi connectivity index (χ2n) is 8.60. The number of piperidine rings is 1. The van der Waals surface area contributed by atoms with E-state index in [4.69, 9.17) is 0 Å². The molecular weight excluding hydrogens is 450 g/mol. The lowest BCUT2D eigenvalue weighted by molar-refractivity contribution is 0.0794. The molecule has 5 rings (SSSR count). The first-order valence-electron chi connectivity index (χ1n) is 11.1. The number of sulfonamides is 1. The number of hydrogen-bond acceptors (Lipinski definition) is 4. The zero-order valence-electron chi connectivity index (χ0n) is 18.0. The first-order valence-corrected chi connectivity index (χ1v) is 12.5.